The van der Waals surface area contributed by atoms with Crippen LogP contribution in [0.3, 0.4) is 0 Å². The normalized spacial score (nSPS) is 15.2. The lowest BCUT2D eigenvalue weighted by molar-refractivity contribution is 0.0714. The fraction of sp³-hybridized carbons (Fsp3) is 0.160. The maximum Gasteiger partial charge on any atom is 0.291 e. The third-order valence-electron chi connectivity index (χ3n) is 5.49. The number of pyridine rings is 1. The Balaban J connectivity index is 1.72. The van der Waals surface area contributed by atoms with E-state index in [9.17, 15) is 9.59 Å². The maximum absolute atomic E-state index is 13.6. The number of halogens is 1. The Hall–Kier alpha value is -3.45. The Bertz CT molecular complexity index is 1380. The van der Waals surface area contributed by atoms with Crippen molar-refractivity contribution in [1.82, 2.24) is 9.88 Å². The third kappa shape index (κ3) is 3.48. The molecule has 0 saturated heterocycles. The summed E-state index contributed by atoms with van der Waals surface area (Å²) in [7, 11) is 0. The van der Waals surface area contributed by atoms with Gasteiger partial charge in [-0.15, -0.1) is 0 Å². The molecule has 7 heteroatoms. The lowest BCUT2D eigenvalue weighted by Gasteiger charge is -2.25. The molecule has 1 aliphatic rings. The van der Waals surface area contributed by atoms with E-state index in [2.05, 4.69) is 20.9 Å². The van der Waals surface area contributed by atoms with Gasteiger partial charge in [0.15, 0.2) is 5.43 Å². The van der Waals surface area contributed by atoms with Gasteiger partial charge in [-0.3, -0.25) is 14.6 Å². The summed E-state index contributed by atoms with van der Waals surface area (Å²) in [5.41, 5.74) is 2.16. The van der Waals surface area contributed by atoms with Crippen LogP contribution in [0, 0.1) is 0 Å². The number of fused-ring (bicyclic) bond motifs is 2. The summed E-state index contributed by atoms with van der Waals surface area (Å²) in [6.45, 7) is 2.72. The Morgan fingerprint density at radius 3 is 2.78 bits per heavy atom. The van der Waals surface area contributed by atoms with Gasteiger partial charge in [0.1, 0.15) is 11.3 Å². The predicted molar refractivity (Wildman–Crippen MR) is 124 cm³/mol. The van der Waals surface area contributed by atoms with Crippen molar-refractivity contribution in [3.8, 4) is 5.75 Å². The summed E-state index contributed by atoms with van der Waals surface area (Å²) in [6.07, 6.45) is 3.40. The highest BCUT2D eigenvalue weighted by atomic mass is 79.9. The number of amides is 1. The molecule has 1 amide bonds. The molecule has 0 spiro atoms. The van der Waals surface area contributed by atoms with Gasteiger partial charge in [0.05, 0.1) is 23.6 Å². The van der Waals surface area contributed by atoms with Crippen molar-refractivity contribution in [1.29, 1.82) is 0 Å². The molecule has 0 aliphatic carbocycles. The molecule has 0 radical (unpaired) electrons. The molecule has 0 saturated carbocycles. The van der Waals surface area contributed by atoms with Gasteiger partial charge in [0.25, 0.3) is 5.91 Å². The maximum atomic E-state index is 13.6. The molecule has 3 heterocycles. The highest BCUT2D eigenvalue weighted by Gasteiger charge is 2.42. The molecule has 2 aromatic heterocycles. The number of rotatable bonds is 5. The molecule has 32 heavy (non-hydrogen) atoms. The van der Waals surface area contributed by atoms with Crippen LogP contribution in [0.1, 0.15) is 40.2 Å². The first-order valence-corrected chi connectivity index (χ1v) is 11.0. The number of aromatic nitrogens is 1. The van der Waals surface area contributed by atoms with Crippen LogP contribution in [0.5, 0.6) is 5.75 Å². The lowest BCUT2D eigenvalue weighted by Crippen LogP contribution is -2.29. The van der Waals surface area contributed by atoms with Gasteiger partial charge in [0.2, 0.25) is 5.76 Å². The van der Waals surface area contributed by atoms with Gasteiger partial charge in [-0.1, -0.05) is 34.1 Å². The van der Waals surface area contributed by atoms with Gasteiger partial charge in [-0.2, -0.15) is 0 Å². The molecule has 2 aromatic carbocycles. The van der Waals surface area contributed by atoms with Crippen molar-refractivity contribution >= 4 is 32.8 Å². The van der Waals surface area contributed by atoms with Crippen LogP contribution in [0.4, 0.5) is 0 Å². The van der Waals surface area contributed by atoms with Crippen LogP contribution >= 0.6 is 15.9 Å². The minimum Gasteiger partial charge on any atom is -0.494 e. The average Bonchev–Trinajstić information content (AvgIpc) is 3.07. The number of carbonyl (C=O) groups excluding carboxylic acids is 1. The second-order valence-corrected chi connectivity index (χ2v) is 8.43. The number of carbonyl (C=O) groups is 1. The van der Waals surface area contributed by atoms with E-state index >= 15 is 0 Å². The lowest BCUT2D eigenvalue weighted by atomic mass is 9.98. The predicted octanol–water partition coefficient (Wildman–Crippen LogP) is 5.09. The second-order valence-electron chi connectivity index (χ2n) is 7.52. The number of nitrogens with zero attached hydrogens (tertiary/aromatic N) is 2. The summed E-state index contributed by atoms with van der Waals surface area (Å²) in [5.74, 6) is 0.443. The first-order valence-electron chi connectivity index (χ1n) is 10.3. The zero-order valence-corrected chi connectivity index (χ0v) is 18.8. The number of hydrogen-bond donors (Lipinski definition) is 0. The first-order chi connectivity index (χ1) is 15.6. The summed E-state index contributed by atoms with van der Waals surface area (Å²) in [5, 5.41) is 0.431. The Morgan fingerprint density at radius 2 is 2.00 bits per heavy atom. The van der Waals surface area contributed by atoms with Crippen LogP contribution in [-0.2, 0) is 6.54 Å². The monoisotopic (exact) mass is 490 g/mol. The molecule has 0 N–H and O–H groups in total. The van der Waals surface area contributed by atoms with Gasteiger partial charge in [0, 0.05) is 23.4 Å². The minimum absolute atomic E-state index is 0.0838. The van der Waals surface area contributed by atoms with Gasteiger partial charge >= 0.3 is 0 Å². The van der Waals surface area contributed by atoms with Gasteiger partial charge in [-0.25, -0.2) is 0 Å². The van der Waals surface area contributed by atoms with Crippen molar-refractivity contribution in [2.45, 2.75) is 19.5 Å². The van der Waals surface area contributed by atoms with E-state index in [0.717, 1.165) is 15.6 Å². The Morgan fingerprint density at radius 1 is 1.12 bits per heavy atom. The van der Waals surface area contributed by atoms with E-state index in [1.807, 2.05) is 43.3 Å². The smallest absolute Gasteiger partial charge is 0.291 e. The Kier molecular flexibility index (Phi) is 5.27. The standard InChI is InChI=1S/C25H19BrN2O4/c1-2-31-18-7-3-6-16(11-18)22-21-23(29)19-12-17(26)8-9-20(19)32-24(21)25(30)28(22)14-15-5-4-10-27-13-15/h3-13,22H,2,14H2,1H3. The van der Waals surface area contributed by atoms with Crippen LogP contribution in [0.25, 0.3) is 11.0 Å². The zero-order valence-electron chi connectivity index (χ0n) is 17.2. The largest absolute Gasteiger partial charge is 0.494 e. The fourth-order valence-corrected chi connectivity index (χ4v) is 4.49. The number of ether oxygens (including phenoxy) is 1. The SMILES string of the molecule is CCOc1cccc(C2c3c(oc4ccc(Br)cc4c3=O)C(=O)N2Cc2cccnc2)c1. The summed E-state index contributed by atoms with van der Waals surface area (Å²) >= 11 is 3.42. The van der Waals surface area contributed by atoms with Crippen LogP contribution in [-0.4, -0.2) is 22.4 Å². The average molecular weight is 491 g/mol. The van der Waals surface area contributed by atoms with E-state index in [-0.39, 0.29) is 17.1 Å². The third-order valence-corrected chi connectivity index (χ3v) is 5.98. The van der Waals surface area contributed by atoms with Crippen LogP contribution in [0.15, 0.2) is 80.7 Å². The first kappa shape index (κ1) is 20.5. The number of hydrogen-bond acceptors (Lipinski definition) is 5. The molecule has 0 fully saturated rings. The highest BCUT2D eigenvalue weighted by Crippen LogP contribution is 2.40. The molecule has 4 aromatic rings. The number of benzene rings is 2. The van der Waals surface area contributed by atoms with Crippen molar-refractivity contribution in [3.05, 3.63) is 104 Å². The van der Waals surface area contributed by atoms with E-state index in [0.29, 0.717) is 35.4 Å². The van der Waals surface area contributed by atoms with Gasteiger partial charge < -0.3 is 14.1 Å². The molecule has 1 aliphatic heterocycles. The van der Waals surface area contributed by atoms with Crippen LogP contribution < -0.4 is 10.2 Å². The van der Waals surface area contributed by atoms with Gasteiger partial charge in [-0.05, 0) is 54.4 Å². The molecule has 1 atom stereocenters. The molecule has 6 nitrogen and oxygen atoms in total. The molecule has 160 valence electrons. The quantitative estimate of drug-likeness (QED) is 0.389. The molecular formula is C25H19BrN2O4. The fourth-order valence-electron chi connectivity index (χ4n) is 4.13. The molecule has 5 rings (SSSR count). The highest BCUT2D eigenvalue weighted by molar-refractivity contribution is 9.10. The molecular weight excluding hydrogens is 472 g/mol. The summed E-state index contributed by atoms with van der Waals surface area (Å²) < 4.78 is 12.4. The van der Waals surface area contributed by atoms with Crippen LogP contribution in [0.2, 0.25) is 0 Å². The molecule has 0 bridgehead atoms. The van der Waals surface area contributed by atoms with E-state index < -0.39 is 6.04 Å². The molecule has 1 unspecified atom stereocenters. The second kappa shape index (κ2) is 8.24. The van der Waals surface area contributed by atoms with Crippen molar-refractivity contribution in [2.24, 2.45) is 0 Å². The van der Waals surface area contributed by atoms with E-state index in [4.69, 9.17) is 9.15 Å². The van der Waals surface area contributed by atoms with Crippen molar-refractivity contribution < 1.29 is 13.9 Å². The van der Waals surface area contributed by atoms with E-state index in [1.54, 1.807) is 35.5 Å². The van der Waals surface area contributed by atoms with E-state index in [1.165, 1.54) is 0 Å². The summed E-state index contributed by atoms with van der Waals surface area (Å²) in [6, 6.07) is 15.8. The topological polar surface area (TPSA) is 72.6 Å². The Labute approximate surface area is 192 Å². The minimum atomic E-state index is -0.599. The zero-order chi connectivity index (χ0) is 22.2. The van der Waals surface area contributed by atoms with Crippen molar-refractivity contribution in [2.75, 3.05) is 6.61 Å². The summed E-state index contributed by atoms with van der Waals surface area (Å²) in [4.78, 5) is 32.9. The van der Waals surface area contributed by atoms with Crippen molar-refractivity contribution in [3.63, 3.8) is 0 Å².